The third kappa shape index (κ3) is 3.19. The summed E-state index contributed by atoms with van der Waals surface area (Å²) in [6, 6.07) is 1.51. The number of ether oxygens (including phenoxy) is 1. The van der Waals surface area contributed by atoms with Gasteiger partial charge in [-0.15, -0.1) is 11.3 Å². The van der Waals surface area contributed by atoms with E-state index < -0.39 is 16.2 Å². The van der Waals surface area contributed by atoms with Crippen molar-refractivity contribution in [1.82, 2.24) is 4.72 Å². The summed E-state index contributed by atoms with van der Waals surface area (Å²) in [7, 11) is -2.38. The molecule has 0 saturated heterocycles. The van der Waals surface area contributed by atoms with Crippen LogP contribution in [-0.2, 0) is 14.9 Å². The van der Waals surface area contributed by atoms with E-state index in [0.29, 0.717) is 0 Å². The summed E-state index contributed by atoms with van der Waals surface area (Å²) in [6.45, 7) is 1.93. The van der Waals surface area contributed by atoms with Crippen molar-refractivity contribution < 1.29 is 17.9 Å². The molecule has 0 saturated carbocycles. The second-order valence-corrected chi connectivity index (χ2v) is 5.17. The first-order valence-corrected chi connectivity index (χ1v) is 6.79. The van der Waals surface area contributed by atoms with Crippen molar-refractivity contribution in [3.8, 4) is 0 Å². The first-order valence-electron chi connectivity index (χ1n) is 4.43. The van der Waals surface area contributed by atoms with Crippen molar-refractivity contribution in [2.24, 2.45) is 0 Å². The van der Waals surface area contributed by atoms with E-state index >= 15 is 0 Å². The van der Waals surface area contributed by atoms with Gasteiger partial charge in [0.1, 0.15) is 4.88 Å². The lowest BCUT2D eigenvalue weighted by molar-refractivity contribution is 0.0607. The Morgan fingerprint density at radius 3 is 2.81 bits per heavy atom. The van der Waals surface area contributed by atoms with Crippen LogP contribution in [0.3, 0.4) is 0 Å². The minimum Gasteiger partial charge on any atom is -0.465 e. The number of methoxy groups -OCH3 is 1. The van der Waals surface area contributed by atoms with Crippen LogP contribution in [0.5, 0.6) is 0 Å². The smallest absolute Gasteiger partial charge is 0.350 e. The minimum atomic E-state index is -3.62. The molecule has 0 amide bonds. The molecule has 0 aliphatic rings. The van der Waals surface area contributed by atoms with Crippen LogP contribution in [0, 0.1) is 0 Å². The van der Waals surface area contributed by atoms with E-state index in [2.05, 4.69) is 14.2 Å². The van der Waals surface area contributed by atoms with Gasteiger partial charge in [-0.2, -0.15) is 13.1 Å². The molecule has 0 aliphatic heterocycles. The van der Waals surface area contributed by atoms with Crippen molar-refractivity contribution in [2.45, 2.75) is 6.92 Å². The number of carbonyl (C=O) groups is 1. The minimum absolute atomic E-state index is 0.220. The molecule has 1 aromatic heterocycles. The maximum Gasteiger partial charge on any atom is 0.350 e. The fraction of sp³-hybridized carbons (Fsp3) is 0.375. The van der Waals surface area contributed by atoms with Crippen LogP contribution in [-0.4, -0.2) is 28.0 Å². The molecule has 2 N–H and O–H groups in total. The number of nitrogens with one attached hydrogen (secondary N) is 2. The van der Waals surface area contributed by atoms with Crippen LogP contribution in [0.25, 0.3) is 0 Å². The van der Waals surface area contributed by atoms with Crippen molar-refractivity contribution in [3.63, 3.8) is 0 Å². The van der Waals surface area contributed by atoms with Crippen LogP contribution in [0.2, 0.25) is 0 Å². The van der Waals surface area contributed by atoms with Crippen molar-refractivity contribution >= 4 is 33.2 Å². The Kier molecular flexibility index (Phi) is 4.27. The predicted octanol–water partition coefficient (Wildman–Crippen LogP) is 0.801. The fourth-order valence-corrected chi connectivity index (χ4v) is 2.75. The molecular weight excluding hydrogens is 252 g/mol. The SMILES string of the molecule is CCNS(=O)(=O)Nc1ccsc1C(=O)OC. The van der Waals surface area contributed by atoms with E-state index in [1.165, 1.54) is 13.2 Å². The molecule has 0 fully saturated rings. The Bertz CT molecular complexity index is 466. The molecule has 0 unspecified atom stereocenters. The van der Waals surface area contributed by atoms with Crippen molar-refractivity contribution in [2.75, 3.05) is 18.4 Å². The molecule has 16 heavy (non-hydrogen) atoms. The summed E-state index contributed by atoms with van der Waals surface area (Å²) in [6.07, 6.45) is 0. The number of rotatable bonds is 5. The molecule has 1 heterocycles. The fourth-order valence-electron chi connectivity index (χ4n) is 1.01. The number of hydrogen-bond donors (Lipinski definition) is 2. The van der Waals surface area contributed by atoms with Gasteiger partial charge >= 0.3 is 5.97 Å². The lowest BCUT2D eigenvalue weighted by atomic mass is 10.4. The Labute approximate surface area is 97.8 Å². The van der Waals surface area contributed by atoms with Crippen molar-refractivity contribution in [3.05, 3.63) is 16.3 Å². The average Bonchev–Trinajstić information content (AvgIpc) is 2.63. The topological polar surface area (TPSA) is 84.5 Å². The van der Waals surface area contributed by atoms with Gasteiger partial charge < -0.3 is 4.74 Å². The Morgan fingerprint density at radius 1 is 1.56 bits per heavy atom. The summed E-state index contributed by atoms with van der Waals surface area (Å²) in [5.41, 5.74) is 0.220. The highest BCUT2D eigenvalue weighted by Crippen LogP contribution is 2.23. The predicted molar refractivity (Wildman–Crippen MR) is 61.9 cm³/mol. The number of thiophene rings is 1. The average molecular weight is 264 g/mol. The van der Waals surface area contributed by atoms with Gasteiger partial charge in [0.2, 0.25) is 0 Å². The molecule has 0 bridgehead atoms. The van der Waals surface area contributed by atoms with Crippen LogP contribution in [0.1, 0.15) is 16.6 Å². The molecule has 8 heteroatoms. The highest BCUT2D eigenvalue weighted by atomic mass is 32.2. The molecular formula is C8H12N2O4S2. The third-order valence-electron chi connectivity index (χ3n) is 1.61. The molecule has 1 rings (SSSR count). The van der Waals surface area contributed by atoms with Gasteiger partial charge in [-0.05, 0) is 11.4 Å². The van der Waals surface area contributed by atoms with Gasteiger partial charge in [0, 0.05) is 6.54 Å². The van der Waals surface area contributed by atoms with E-state index in [1.54, 1.807) is 12.3 Å². The first-order chi connectivity index (χ1) is 7.50. The summed E-state index contributed by atoms with van der Waals surface area (Å²) in [5, 5.41) is 1.61. The Hall–Kier alpha value is -1.12. The van der Waals surface area contributed by atoms with Crippen LogP contribution in [0.15, 0.2) is 11.4 Å². The van der Waals surface area contributed by atoms with Gasteiger partial charge in [-0.3, -0.25) is 4.72 Å². The van der Waals surface area contributed by atoms with E-state index in [9.17, 15) is 13.2 Å². The summed E-state index contributed by atoms with van der Waals surface area (Å²) < 4.78 is 31.8. The van der Waals surface area contributed by atoms with Gasteiger partial charge in [0.05, 0.1) is 12.8 Å². The molecule has 90 valence electrons. The van der Waals surface area contributed by atoms with Crippen LogP contribution in [0.4, 0.5) is 5.69 Å². The summed E-state index contributed by atoms with van der Waals surface area (Å²) in [5.74, 6) is -0.566. The molecule has 0 aromatic carbocycles. The van der Waals surface area contributed by atoms with Crippen molar-refractivity contribution in [1.29, 1.82) is 0 Å². The van der Waals surface area contributed by atoms with E-state index in [4.69, 9.17) is 0 Å². The second kappa shape index (κ2) is 5.28. The number of carbonyl (C=O) groups excluding carboxylic acids is 1. The van der Waals surface area contributed by atoms with Crippen LogP contribution >= 0.6 is 11.3 Å². The number of hydrogen-bond acceptors (Lipinski definition) is 5. The molecule has 0 radical (unpaired) electrons. The van der Waals surface area contributed by atoms with E-state index in [0.717, 1.165) is 11.3 Å². The molecule has 0 spiro atoms. The zero-order chi connectivity index (χ0) is 12.2. The van der Waals surface area contributed by atoms with E-state index in [1.807, 2.05) is 0 Å². The normalized spacial score (nSPS) is 11.1. The van der Waals surface area contributed by atoms with Crippen LogP contribution < -0.4 is 9.44 Å². The maximum absolute atomic E-state index is 11.4. The zero-order valence-corrected chi connectivity index (χ0v) is 10.4. The Morgan fingerprint density at radius 2 is 2.25 bits per heavy atom. The van der Waals surface area contributed by atoms with Gasteiger partial charge in [-0.25, -0.2) is 4.79 Å². The largest absolute Gasteiger partial charge is 0.465 e. The second-order valence-electron chi connectivity index (χ2n) is 2.76. The van der Waals surface area contributed by atoms with Gasteiger partial charge in [0.15, 0.2) is 0 Å². The summed E-state index contributed by atoms with van der Waals surface area (Å²) in [4.78, 5) is 11.5. The standard InChI is InChI=1S/C8H12N2O4S2/c1-3-9-16(12,13)10-6-4-5-15-7(6)8(11)14-2/h4-5,9-10H,3H2,1-2H3. The Balaban J connectivity index is 2.90. The lowest BCUT2D eigenvalue weighted by Crippen LogP contribution is -2.30. The third-order valence-corrected chi connectivity index (χ3v) is 3.67. The highest BCUT2D eigenvalue weighted by Gasteiger charge is 2.17. The number of esters is 1. The zero-order valence-electron chi connectivity index (χ0n) is 8.81. The molecule has 0 atom stereocenters. The van der Waals surface area contributed by atoms with E-state index in [-0.39, 0.29) is 17.1 Å². The maximum atomic E-state index is 11.4. The van der Waals surface area contributed by atoms with Gasteiger partial charge in [-0.1, -0.05) is 6.92 Å². The number of anilines is 1. The lowest BCUT2D eigenvalue weighted by Gasteiger charge is -2.07. The molecule has 6 nitrogen and oxygen atoms in total. The quantitative estimate of drug-likeness (QED) is 0.770. The first kappa shape index (κ1) is 12.9. The highest BCUT2D eigenvalue weighted by molar-refractivity contribution is 7.90. The molecule has 1 aromatic rings. The molecule has 0 aliphatic carbocycles. The monoisotopic (exact) mass is 264 g/mol. The van der Waals surface area contributed by atoms with Gasteiger partial charge in [0.25, 0.3) is 10.2 Å². The summed E-state index contributed by atoms with van der Waals surface area (Å²) >= 11 is 1.11.